The lowest BCUT2D eigenvalue weighted by Crippen LogP contribution is -2.18. The van der Waals surface area contributed by atoms with Gasteiger partial charge >= 0.3 is 0 Å². The molecule has 1 saturated carbocycles. The fraction of sp³-hybridized carbons (Fsp3) is 0.462. The summed E-state index contributed by atoms with van der Waals surface area (Å²) in [6.07, 6.45) is 5.85. The molecule has 0 aromatic heterocycles. The van der Waals surface area contributed by atoms with Gasteiger partial charge in [-0.1, -0.05) is 35.7 Å². The van der Waals surface area contributed by atoms with Crippen LogP contribution in [-0.4, -0.2) is 10.9 Å². The van der Waals surface area contributed by atoms with Crippen molar-refractivity contribution >= 4 is 17.3 Å². The van der Waals surface area contributed by atoms with Crippen molar-refractivity contribution in [3.05, 3.63) is 34.3 Å². The van der Waals surface area contributed by atoms with Gasteiger partial charge in [0.25, 0.3) is 0 Å². The third-order valence-electron chi connectivity index (χ3n) is 4.05. The van der Waals surface area contributed by atoms with Gasteiger partial charge in [-0.05, 0) is 30.5 Å². The molecular formula is C13H14ClNO. The van der Waals surface area contributed by atoms with Gasteiger partial charge in [0.2, 0.25) is 0 Å². The summed E-state index contributed by atoms with van der Waals surface area (Å²) in [6, 6.07) is 5.99. The molecule has 16 heavy (non-hydrogen) atoms. The van der Waals surface area contributed by atoms with E-state index in [-0.39, 0.29) is 5.41 Å². The topological polar surface area (TPSA) is 32.6 Å². The molecule has 0 aliphatic heterocycles. The summed E-state index contributed by atoms with van der Waals surface area (Å²) >= 11 is 6.00. The largest absolute Gasteiger partial charge is 0.411 e. The molecule has 1 spiro atoms. The van der Waals surface area contributed by atoms with Crippen molar-refractivity contribution in [3.63, 3.8) is 0 Å². The molecule has 1 aromatic carbocycles. The van der Waals surface area contributed by atoms with E-state index >= 15 is 0 Å². The summed E-state index contributed by atoms with van der Waals surface area (Å²) in [4.78, 5) is 0. The Morgan fingerprint density at radius 3 is 2.69 bits per heavy atom. The zero-order valence-corrected chi connectivity index (χ0v) is 9.80. The molecule has 0 saturated heterocycles. The van der Waals surface area contributed by atoms with Crippen molar-refractivity contribution in [2.45, 2.75) is 37.5 Å². The SMILES string of the molecule is ON=C1CC2(CCCC2)c2ccc(Cl)cc21. The highest BCUT2D eigenvalue weighted by Crippen LogP contribution is 2.50. The molecule has 2 aliphatic rings. The standard InChI is InChI=1S/C13H14ClNO/c14-9-3-4-11-10(7-9)12(15-16)8-13(11)5-1-2-6-13/h3-4,7,16H,1-2,5-6,8H2. The number of rotatable bonds is 0. The van der Waals surface area contributed by atoms with Gasteiger partial charge in [0.15, 0.2) is 0 Å². The maximum absolute atomic E-state index is 9.09. The summed E-state index contributed by atoms with van der Waals surface area (Å²) in [5, 5.41) is 13.3. The van der Waals surface area contributed by atoms with Crippen molar-refractivity contribution in [2.24, 2.45) is 5.16 Å². The molecular weight excluding hydrogens is 222 g/mol. The molecule has 2 aliphatic carbocycles. The second kappa shape index (κ2) is 3.49. The van der Waals surface area contributed by atoms with Crippen LogP contribution in [0.15, 0.2) is 23.4 Å². The molecule has 3 heteroatoms. The molecule has 1 N–H and O–H groups in total. The number of hydrogen-bond acceptors (Lipinski definition) is 2. The number of nitrogens with zero attached hydrogens (tertiary/aromatic N) is 1. The van der Waals surface area contributed by atoms with E-state index in [4.69, 9.17) is 16.8 Å². The number of halogens is 1. The molecule has 0 bridgehead atoms. The Bertz CT molecular complexity index is 461. The summed E-state index contributed by atoms with van der Waals surface area (Å²) in [7, 11) is 0. The smallest absolute Gasteiger partial charge is 0.0880 e. The number of fused-ring (bicyclic) bond motifs is 2. The number of hydrogen-bond donors (Lipinski definition) is 1. The molecule has 3 rings (SSSR count). The molecule has 0 radical (unpaired) electrons. The van der Waals surface area contributed by atoms with Crippen LogP contribution in [0.5, 0.6) is 0 Å². The lowest BCUT2D eigenvalue weighted by atomic mass is 9.80. The van der Waals surface area contributed by atoms with Crippen LogP contribution in [0.3, 0.4) is 0 Å². The van der Waals surface area contributed by atoms with E-state index in [0.717, 1.165) is 22.7 Å². The predicted molar refractivity (Wildman–Crippen MR) is 64.5 cm³/mol. The number of oxime groups is 1. The lowest BCUT2D eigenvalue weighted by molar-refractivity contribution is 0.316. The molecule has 1 aromatic rings. The Labute approximate surface area is 99.9 Å². The Morgan fingerprint density at radius 2 is 2.00 bits per heavy atom. The second-order valence-electron chi connectivity index (χ2n) is 4.90. The monoisotopic (exact) mass is 235 g/mol. The van der Waals surface area contributed by atoms with Crippen LogP contribution in [0.25, 0.3) is 0 Å². The molecule has 2 nitrogen and oxygen atoms in total. The van der Waals surface area contributed by atoms with E-state index < -0.39 is 0 Å². The van der Waals surface area contributed by atoms with Crippen molar-refractivity contribution in [2.75, 3.05) is 0 Å². The van der Waals surface area contributed by atoms with E-state index in [1.165, 1.54) is 31.2 Å². The van der Waals surface area contributed by atoms with Gasteiger partial charge < -0.3 is 5.21 Å². The molecule has 0 unspecified atom stereocenters. The molecule has 0 heterocycles. The van der Waals surface area contributed by atoms with Gasteiger partial charge in [-0.2, -0.15) is 0 Å². The fourth-order valence-corrected chi connectivity index (χ4v) is 3.49. The Morgan fingerprint density at radius 1 is 1.25 bits per heavy atom. The first-order valence-corrected chi connectivity index (χ1v) is 6.14. The van der Waals surface area contributed by atoms with Gasteiger partial charge in [0, 0.05) is 22.4 Å². The summed E-state index contributed by atoms with van der Waals surface area (Å²) < 4.78 is 0. The first-order chi connectivity index (χ1) is 7.75. The van der Waals surface area contributed by atoms with Gasteiger partial charge in [-0.15, -0.1) is 0 Å². The highest BCUT2D eigenvalue weighted by Gasteiger charge is 2.44. The summed E-state index contributed by atoms with van der Waals surface area (Å²) in [5.41, 5.74) is 3.43. The Balaban J connectivity index is 2.18. The minimum atomic E-state index is 0.238. The van der Waals surface area contributed by atoms with Crippen molar-refractivity contribution < 1.29 is 5.21 Å². The first kappa shape index (κ1) is 10.2. The van der Waals surface area contributed by atoms with Gasteiger partial charge in [0.1, 0.15) is 0 Å². The van der Waals surface area contributed by atoms with Gasteiger partial charge in [-0.25, -0.2) is 0 Å². The Hall–Kier alpha value is -1.02. The summed E-state index contributed by atoms with van der Waals surface area (Å²) in [5.74, 6) is 0. The van der Waals surface area contributed by atoms with Crippen molar-refractivity contribution in [1.29, 1.82) is 0 Å². The Kier molecular flexibility index (Phi) is 2.21. The minimum Gasteiger partial charge on any atom is -0.411 e. The van der Waals surface area contributed by atoms with Crippen LogP contribution < -0.4 is 0 Å². The molecule has 84 valence electrons. The maximum Gasteiger partial charge on any atom is 0.0880 e. The van der Waals surface area contributed by atoms with E-state index in [1.54, 1.807) is 0 Å². The average Bonchev–Trinajstić information content (AvgIpc) is 2.86. The quantitative estimate of drug-likeness (QED) is 0.539. The van der Waals surface area contributed by atoms with Crippen LogP contribution in [0, 0.1) is 0 Å². The third-order valence-corrected chi connectivity index (χ3v) is 4.29. The average molecular weight is 236 g/mol. The zero-order valence-electron chi connectivity index (χ0n) is 9.04. The van der Waals surface area contributed by atoms with Crippen LogP contribution in [0.4, 0.5) is 0 Å². The van der Waals surface area contributed by atoms with Crippen LogP contribution in [0.1, 0.15) is 43.2 Å². The van der Waals surface area contributed by atoms with Crippen LogP contribution in [-0.2, 0) is 5.41 Å². The van der Waals surface area contributed by atoms with Gasteiger partial charge in [0.05, 0.1) is 5.71 Å². The zero-order chi connectivity index (χ0) is 11.2. The summed E-state index contributed by atoms with van der Waals surface area (Å²) in [6.45, 7) is 0. The highest BCUT2D eigenvalue weighted by atomic mass is 35.5. The maximum atomic E-state index is 9.09. The molecule has 0 atom stereocenters. The minimum absolute atomic E-state index is 0.238. The van der Waals surface area contributed by atoms with Crippen LogP contribution in [0.2, 0.25) is 5.02 Å². The predicted octanol–water partition coefficient (Wildman–Crippen LogP) is 3.73. The van der Waals surface area contributed by atoms with E-state index in [0.29, 0.717) is 0 Å². The molecule has 1 fully saturated rings. The highest BCUT2D eigenvalue weighted by molar-refractivity contribution is 6.31. The number of benzene rings is 1. The first-order valence-electron chi connectivity index (χ1n) is 5.76. The van der Waals surface area contributed by atoms with Crippen molar-refractivity contribution in [3.8, 4) is 0 Å². The second-order valence-corrected chi connectivity index (χ2v) is 5.34. The fourth-order valence-electron chi connectivity index (χ4n) is 3.32. The van der Waals surface area contributed by atoms with Gasteiger partial charge in [-0.3, -0.25) is 0 Å². The van der Waals surface area contributed by atoms with E-state index in [1.807, 2.05) is 12.1 Å². The van der Waals surface area contributed by atoms with E-state index in [9.17, 15) is 0 Å². The lowest BCUT2D eigenvalue weighted by Gasteiger charge is -2.23. The van der Waals surface area contributed by atoms with E-state index in [2.05, 4.69) is 11.2 Å². The van der Waals surface area contributed by atoms with Crippen LogP contribution >= 0.6 is 11.6 Å². The third kappa shape index (κ3) is 1.29. The van der Waals surface area contributed by atoms with Crippen molar-refractivity contribution in [1.82, 2.24) is 0 Å². The normalized spacial score (nSPS) is 24.2. The molecule has 0 amide bonds.